The molecule has 31 heavy (non-hydrogen) atoms. The predicted octanol–water partition coefficient (Wildman–Crippen LogP) is 1.70. The Balaban J connectivity index is 1.56. The van der Waals surface area contributed by atoms with Crippen LogP contribution in [0.4, 0.5) is 0 Å². The van der Waals surface area contributed by atoms with E-state index in [1.165, 1.54) is 6.08 Å². The Bertz CT molecular complexity index is 1050. The second-order valence-electron chi connectivity index (χ2n) is 7.82. The van der Waals surface area contributed by atoms with E-state index in [0.717, 1.165) is 21.1 Å². The molecule has 2 saturated heterocycles. The summed E-state index contributed by atoms with van der Waals surface area (Å²) in [4.78, 5) is 41.0. The van der Waals surface area contributed by atoms with Gasteiger partial charge in [0, 0.05) is 47.2 Å². The van der Waals surface area contributed by atoms with Gasteiger partial charge in [-0.2, -0.15) is 0 Å². The van der Waals surface area contributed by atoms with Gasteiger partial charge in [-0.05, 0) is 31.2 Å². The molecular formula is C22H25BrN4O4. The van der Waals surface area contributed by atoms with Crippen molar-refractivity contribution in [2.45, 2.75) is 19.5 Å². The first-order valence-corrected chi connectivity index (χ1v) is 11.0. The molecule has 0 unspecified atom stereocenters. The number of morpholine rings is 1. The Morgan fingerprint density at radius 1 is 1.23 bits per heavy atom. The van der Waals surface area contributed by atoms with E-state index >= 15 is 0 Å². The molecule has 1 N–H and O–H groups in total. The number of aromatic nitrogens is 1. The van der Waals surface area contributed by atoms with E-state index in [0.29, 0.717) is 45.0 Å². The minimum absolute atomic E-state index is 0.0411. The molecule has 9 heteroatoms. The summed E-state index contributed by atoms with van der Waals surface area (Å²) >= 11 is 3.50. The smallest absolute Gasteiger partial charge is 0.256 e. The minimum Gasteiger partial charge on any atom is -0.378 e. The summed E-state index contributed by atoms with van der Waals surface area (Å²) in [6.45, 7) is 8.60. The van der Waals surface area contributed by atoms with Crippen molar-refractivity contribution in [3.8, 4) is 0 Å². The Morgan fingerprint density at radius 2 is 1.94 bits per heavy atom. The number of benzene rings is 1. The van der Waals surface area contributed by atoms with Crippen LogP contribution >= 0.6 is 15.9 Å². The summed E-state index contributed by atoms with van der Waals surface area (Å²) in [5.74, 6) is -0.320. The fraction of sp³-hybridized carbons (Fsp3) is 0.409. The average molecular weight is 489 g/mol. The van der Waals surface area contributed by atoms with Crippen molar-refractivity contribution >= 4 is 44.6 Å². The van der Waals surface area contributed by atoms with Crippen molar-refractivity contribution in [3.63, 3.8) is 0 Å². The van der Waals surface area contributed by atoms with Gasteiger partial charge in [-0.25, -0.2) is 0 Å². The molecule has 3 amide bonds. The van der Waals surface area contributed by atoms with Crippen LogP contribution in [-0.2, 0) is 20.9 Å². The van der Waals surface area contributed by atoms with Gasteiger partial charge in [-0.15, -0.1) is 0 Å². The number of halogens is 1. The number of fused-ring (bicyclic) bond motifs is 1. The monoisotopic (exact) mass is 488 g/mol. The zero-order chi connectivity index (χ0) is 22.1. The molecule has 2 aromatic rings. The molecular weight excluding hydrogens is 464 g/mol. The number of nitrogens with zero attached hydrogens (tertiary/aromatic N) is 3. The topological polar surface area (TPSA) is 83.9 Å². The second kappa shape index (κ2) is 8.84. The molecule has 4 rings (SSSR count). The lowest BCUT2D eigenvalue weighted by molar-refractivity contribution is -0.133. The fourth-order valence-corrected chi connectivity index (χ4v) is 4.51. The van der Waals surface area contributed by atoms with Crippen molar-refractivity contribution in [2.24, 2.45) is 0 Å². The van der Waals surface area contributed by atoms with Crippen LogP contribution in [-0.4, -0.2) is 77.5 Å². The van der Waals surface area contributed by atoms with E-state index in [4.69, 9.17) is 4.74 Å². The van der Waals surface area contributed by atoms with Crippen LogP contribution in [0.1, 0.15) is 16.1 Å². The van der Waals surface area contributed by atoms with Crippen LogP contribution < -0.4 is 5.32 Å². The zero-order valence-electron chi connectivity index (χ0n) is 17.4. The molecule has 2 fully saturated rings. The van der Waals surface area contributed by atoms with Crippen molar-refractivity contribution < 1.29 is 19.1 Å². The lowest BCUT2D eigenvalue weighted by Gasteiger charge is -2.38. The molecule has 1 aromatic carbocycles. The summed E-state index contributed by atoms with van der Waals surface area (Å²) in [5, 5.41) is 3.79. The van der Waals surface area contributed by atoms with Crippen LogP contribution in [0.3, 0.4) is 0 Å². The van der Waals surface area contributed by atoms with Gasteiger partial charge < -0.3 is 24.4 Å². The van der Waals surface area contributed by atoms with E-state index in [9.17, 15) is 14.4 Å². The maximum atomic E-state index is 13.3. The first-order valence-electron chi connectivity index (χ1n) is 10.2. The molecule has 0 bridgehead atoms. The number of ether oxygens (including phenoxy) is 1. The third kappa shape index (κ3) is 4.24. The van der Waals surface area contributed by atoms with Gasteiger partial charge in [-0.1, -0.05) is 22.5 Å². The standard InChI is InChI=1S/C22H25BrN4O4/c1-3-20(29)26-11-16(12-26)24-19(28)13-27-14(2)21(17-10-15(23)4-5-18(17)27)22(30)25-6-8-31-9-7-25/h3-5,10,16H,1,6-9,11-13H2,2H3,(H,24,28). The molecule has 1 aromatic heterocycles. The van der Waals surface area contributed by atoms with Gasteiger partial charge in [0.25, 0.3) is 5.91 Å². The van der Waals surface area contributed by atoms with Gasteiger partial charge in [0.05, 0.1) is 24.8 Å². The lowest BCUT2D eigenvalue weighted by Crippen LogP contribution is -2.61. The highest BCUT2D eigenvalue weighted by Gasteiger charge is 2.31. The highest BCUT2D eigenvalue weighted by atomic mass is 79.9. The number of hydrogen-bond acceptors (Lipinski definition) is 4. The number of carbonyl (C=O) groups is 3. The van der Waals surface area contributed by atoms with Crippen LogP contribution in [0, 0.1) is 6.92 Å². The first kappa shape index (κ1) is 21.6. The van der Waals surface area contributed by atoms with Crippen molar-refractivity contribution in [1.29, 1.82) is 0 Å². The number of carbonyl (C=O) groups excluding carboxylic acids is 3. The molecule has 2 aliphatic heterocycles. The van der Waals surface area contributed by atoms with Gasteiger partial charge in [-0.3, -0.25) is 14.4 Å². The maximum Gasteiger partial charge on any atom is 0.256 e. The number of nitrogens with one attached hydrogen (secondary N) is 1. The molecule has 164 valence electrons. The summed E-state index contributed by atoms with van der Waals surface area (Å²) < 4.78 is 8.13. The number of likely N-dealkylation sites (tertiary alicyclic amines) is 1. The molecule has 0 saturated carbocycles. The SMILES string of the molecule is C=CC(=O)N1CC(NC(=O)Cn2c(C)c(C(=O)N3CCOCC3)c3cc(Br)ccc32)C1. The molecule has 2 aliphatic rings. The van der Waals surface area contributed by atoms with Crippen LogP contribution in [0.2, 0.25) is 0 Å². The van der Waals surface area contributed by atoms with E-state index in [2.05, 4.69) is 27.8 Å². The zero-order valence-corrected chi connectivity index (χ0v) is 19.0. The van der Waals surface area contributed by atoms with E-state index in [-0.39, 0.29) is 30.3 Å². The predicted molar refractivity (Wildman–Crippen MR) is 120 cm³/mol. The third-order valence-electron chi connectivity index (χ3n) is 5.83. The van der Waals surface area contributed by atoms with Gasteiger partial charge in [0.2, 0.25) is 11.8 Å². The third-order valence-corrected chi connectivity index (χ3v) is 6.33. The number of hydrogen-bond donors (Lipinski definition) is 1. The Kier molecular flexibility index (Phi) is 6.15. The summed E-state index contributed by atoms with van der Waals surface area (Å²) in [5.41, 5.74) is 2.22. The molecule has 0 spiro atoms. The largest absolute Gasteiger partial charge is 0.378 e. The van der Waals surface area contributed by atoms with E-state index < -0.39 is 0 Å². The maximum absolute atomic E-state index is 13.3. The van der Waals surface area contributed by atoms with Gasteiger partial charge in [0.1, 0.15) is 6.54 Å². The fourth-order valence-electron chi connectivity index (χ4n) is 4.15. The summed E-state index contributed by atoms with van der Waals surface area (Å²) in [7, 11) is 0. The Hall–Kier alpha value is -2.65. The van der Waals surface area contributed by atoms with E-state index in [1.54, 1.807) is 9.80 Å². The summed E-state index contributed by atoms with van der Waals surface area (Å²) in [6, 6.07) is 5.69. The molecule has 0 atom stereocenters. The average Bonchev–Trinajstić information content (AvgIpc) is 3.00. The molecule has 0 aliphatic carbocycles. The number of amides is 3. The molecule has 3 heterocycles. The van der Waals surface area contributed by atoms with Crippen LogP contribution in [0.25, 0.3) is 10.9 Å². The highest BCUT2D eigenvalue weighted by Crippen LogP contribution is 2.30. The molecule has 8 nitrogen and oxygen atoms in total. The quantitative estimate of drug-likeness (QED) is 0.649. The second-order valence-corrected chi connectivity index (χ2v) is 8.74. The summed E-state index contributed by atoms with van der Waals surface area (Å²) in [6.07, 6.45) is 1.28. The Labute approximate surface area is 188 Å². The van der Waals surface area contributed by atoms with Crippen molar-refractivity contribution in [3.05, 3.63) is 46.6 Å². The first-order chi connectivity index (χ1) is 14.9. The van der Waals surface area contributed by atoms with Crippen molar-refractivity contribution in [1.82, 2.24) is 19.7 Å². The van der Waals surface area contributed by atoms with E-state index in [1.807, 2.05) is 29.7 Å². The normalized spacial score (nSPS) is 16.8. The van der Waals surface area contributed by atoms with Gasteiger partial charge >= 0.3 is 0 Å². The highest BCUT2D eigenvalue weighted by molar-refractivity contribution is 9.10. The van der Waals surface area contributed by atoms with Crippen LogP contribution in [0.15, 0.2) is 35.3 Å². The lowest BCUT2D eigenvalue weighted by atomic mass is 10.1. The minimum atomic E-state index is -0.149. The van der Waals surface area contributed by atoms with Gasteiger partial charge in [0.15, 0.2) is 0 Å². The Morgan fingerprint density at radius 3 is 2.61 bits per heavy atom. The van der Waals surface area contributed by atoms with Crippen LogP contribution in [0.5, 0.6) is 0 Å². The number of rotatable bonds is 5. The molecule has 0 radical (unpaired) electrons. The van der Waals surface area contributed by atoms with Crippen molar-refractivity contribution in [2.75, 3.05) is 39.4 Å².